The van der Waals surface area contributed by atoms with Gasteiger partial charge in [-0.05, 0) is 53.9 Å². The van der Waals surface area contributed by atoms with Crippen LogP contribution in [-0.4, -0.2) is 7.11 Å². The Morgan fingerprint density at radius 2 is 2.12 bits per heavy atom. The highest BCUT2D eigenvalue weighted by atomic mass is 35.5. The number of hydrogen-bond acceptors (Lipinski definition) is 1. The zero-order valence-corrected chi connectivity index (χ0v) is 11.9. The largest absolute Gasteiger partial charge is 0.495 e. The molecule has 0 N–H and O–H groups in total. The minimum absolute atomic E-state index is 0.313. The van der Waals surface area contributed by atoms with Gasteiger partial charge >= 0.3 is 0 Å². The van der Waals surface area contributed by atoms with E-state index in [4.69, 9.17) is 16.3 Å². The molecule has 0 saturated carbocycles. The van der Waals surface area contributed by atoms with Gasteiger partial charge in [0.05, 0.1) is 12.1 Å². The molecule has 0 fully saturated rings. The fraction of sp³-hybridized carbons (Fsp3) is 0.600. The SMILES string of the molecule is CCC1(C(C)C)CCc2cc(Cl)c(OC)cc21. The normalized spacial score (nSPS) is 22.9. The molecule has 94 valence electrons. The molecule has 0 bridgehead atoms. The Bertz CT molecular complexity index is 425. The van der Waals surface area contributed by atoms with E-state index in [-0.39, 0.29) is 0 Å². The summed E-state index contributed by atoms with van der Waals surface area (Å²) in [7, 11) is 1.69. The van der Waals surface area contributed by atoms with Crippen molar-refractivity contribution in [2.75, 3.05) is 7.11 Å². The molecule has 1 aliphatic rings. The van der Waals surface area contributed by atoms with Gasteiger partial charge in [-0.25, -0.2) is 0 Å². The van der Waals surface area contributed by atoms with Crippen LogP contribution in [0.15, 0.2) is 12.1 Å². The summed E-state index contributed by atoms with van der Waals surface area (Å²) in [5.74, 6) is 1.46. The Balaban J connectivity index is 2.57. The Morgan fingerprint density at radius 1 is 1.41 bits per heavy atom. The molecule has 0 aliphatic heterocycles. The molecule has 1 nitrogen and oxygen atoms in total. The van der Waals surface area contributed by atoms with E-state index in [2.05, 4.69) is 32.9 Å². The molecule has 0 saturated heterocycles. The van der Waals surface area contributed by atoms with E-state index in [1.54, 1.807) is 7.11 Å². The summed E-state index contributed by atoms with van der Waals surface area (Å²) < 4.78 is 5.36. The number of hydrogen-bond donors (Lipinski definition) is 0. The minimum atomic E-state index is 0.313. The molecule has 0 amide bonds. The summed E-state index contributed by atoms with van der Waals surface area (Å²) in [4.78, 5) is 0. The first-order valence-corrected chi connectivity index (χ1v) is 6.80. The molecule has 0 spiro atoms. The van der Waals surface area contributed by atoms with Gasteiger partial charge in [0.15, 0.2) is 0 Å². The number of benzene rings is 1. The van der Waals surface area contributed by atoms with Gasteiger partial charge in [-0.1, -0.05) is 32.4 Å². The topological polar surface area (TPSA) is 9.23 Å². The summed E-state index contributed by atoms with van der Waals surface area (Å²) in [5.41, 5.74) is 3.18. The van der Waals surface area contributed by atoms with Crippen molar-refractivity contribution < 1.29 is 4.74 Å². The van der Waals surface area contributed by atoms with E-state index < -0.39 is 0 Å². The van der Waals surface area contributed by atoms with E-state index in [0.717, 1.165) is 17.2 Å². The first-order valence-electron chi connectivity index (χ1n) is 6.42. The third-order valence-corrected chi connectivity index (χ3v) is 4.79. The van der Waals surface area contributed by atoms with Gasteiger partial charge in [-0.2, -0.15) is 0 Å². The first-order chi connectivity index (χ1) is 8.05. The molecule has 1 aromatic carbocycles. The molecule has 0 aromatic heterocycles. The quantitative estimate of drug-likeness (QED) is 0.764. The van der Waals surface area contributed by atoms with Crippen molar-refractivity contribution in [2.24, 2.45) is 5.92 Å². The number of methoxy groups -OCH3 is 1. The van der Waals surface area contributed by atoms with Crippen molar-refractivity contribution in [1.29, 1.82) is 0 Å². The zero-order chi connectivity index (χ0) is 12.6. The molecular weight excluding hydrogens is 232 g/mol. The van der Waals surface area contributed by atoms with Crippen molar-refractivity contribution in [1.82, 2.24) is 0 Å². The third-order valence-electron chi connectivity index (χ3n) is 4.49. The maximum absolute atomic E-state index is 6.20. The van der Waals surface area contributed by atoms with Gasteiger partial charge in [-0.3, -0.25) is 0 Å². The Morgan fingerprint density at radius 3 is 2.65 bits per heavy atom. The highest BCUT2D eigenvalue weighted by Crippen LogP contribution is 2.49. The van der Waals surface area contributed by atoms with E-state index in [0.29, 0.717) is 11.3 Å². The lowest BCUT2D eigenvalue weighted by molar-refractivity contribution is 0.293. The lowest BCUT2D eigenvalue weighted by Gasteiger charge is -2.34. The second-order valence-corrected chi connectivity index (χ2v) is 5.72. The van der Waals surface area contributed by atoms with Crippen LogP contribution >= 0.6 is 11.6 Å². The van der Waals surface area contributed by atoms with Crippen molar-refractivity contribution in [3.8, 4) is 5.75 Å². The molecular formula is C15H21ClO. The summed E-state index contributed by atoms with van der Waals surface area (Å²) in [5, 5.41) is 0.738. The molecule has 0 heterocycles. The van der Waals surface area contributed by atoms with E-state index in [1.165, 1.54) is 24.0 Å². The summed E-state index contributed by atoms with van der Waals surface area (Å²) in [6, 6.07) is 4.25. The fourth-order valence-corrected chi connectivity index (χ4v) is 3.55. The summed E-state index contributed by atoms with van der Waals surface area (Å²) >= 11 is 6.20. The smallest absolute Gasteiger partial charge is 0.137 e. The summed E-state index contributed by atoms with van der Waals surface area (Å²) in [6.45, 7) is 6.93. The van der Waals surface area contributed by atoms with Crippen LogP contribution in [0, 0.1) is 5.92 Å². The van der Waals surface area contributed by atoms with E-state index in [9.17, 15) is 0 Å². The third kappa shape index (κ3) is 1.85. The Hall–Kier alpha value is -0.690. The molecule has 17 heavy (non-hydrogen) atoms. The highest BCUT2D eigenvalue weighted by molar-refractivity contribution is 6.32. The van der Waals surface area contributed by atoms with Crippen LogP contribution in [0.5, 0.6) is 5.75 Å². The van der Waals surface area contributed by atoms with Crippen LogP contribution < -0.4 is 4.74 Å². The molecule has 2 rings (SSSR count). The first kappa shape index (κ1) is 12.8. The predicted molar refractivity (Wildman–Crippen MR) is 73.1 cm³/mol. The van der Waals surface area contributed by atoms with E-state index >= 15 is 0 Å². The number of halogens is 1. The van der Waals surface area contributed by atoms with Crippen LogP contribution in [0.3, 0.4) is 0 Å². The fourth-order valence-electron chi connectivity index (χ4n) is 3.29. The number of rotatable bonds is 3. The van der Waals surface area contributed by atoms with Crippen LogP contribution in [0.4, 0.5) is 0 Å². The van der Waals surface area contributed by atoms with Crippen molar-refractivity contribution in [2.45, 2.75) is 45.4 Å². The lowest BCUT2D eigenvalue weighted by atomic mass is 9.71. The molecule has 0 radical (unpaired) electrons. The predicted octanol–water partition coefficient (Wildman–Crippen LogP) is 4.60. The monoisotopic (exact) mass is 252 g/mol. The van der Waals surface area contributed by atoms with Gasteiger partial charge in [-0.15, -0.1) is 0 Å². The van der Waals surface area contributed by atoms with Crippen LogP contribution in [-0.2, 0) is 11.8 Å². The van der Waals surface area contributed by atoms with Gasteiger partial charge in [0.1, 0.15) is 5.75 Å². The molecule has 1 unspecified atom stereocenters. The zero-order valence-electron chi connectivity index (χ0n) is 11.1. The maximum Gasteiger partial charge on any atom is 0.137 e. The number of ether oxygens (including phenoxy) is 1. The van der Waals surface area contributed by atoms with Gasteiger partial charge < -0.3 is 4.74 Å². The van der Waals surface area contributed by atoms with Crippen molar-refractivity contribution in [3.05, 3.63) is 28.3 Å². The average Bonchev–Trinajstić information content (AvgIpc) is 2.66. The highest BCUT2D eigenvalue weighted by Gasteiger charge is 2.40. The second-order valence-electron chi connectivity index (χ2n) is 5.31. The van der Waals surface area contributed by atoms with Gasteiger partial charge in [0.25, 0.3) is 0 Å². The number of fused-ring (bicyclic) bond motifs is 1. The van der Waals surface area contributed by atoms with Crippen molar-refractivity contribution in [3.63, 3.8) is 0 Å². The van der Waals surface area contributed by atoms with Crippen LogP contribution in [0.2, 0.25) is 5.02 Å². The Kier molecular flexibility index (Phi) is 3.40. The van der Waals surface area contributed by atoms with Gasteiger partial charge in [0.2, 0.25) is 0 Å². The van der Waals surface area contributed by atoms with Crippen LogP contribution in [0.25, 0.3) is 0 Å². The molecule has 1 aliphatic carbocycles. The van der Waals surface area contributed by atoms with E-state index in [1.807, 2.05) is 0 Å². The average molecular weight is 253 g/mol. The lowest BCUT2D eigenvalue weighted by Crippen LogP contribution is -2.28. The standard InChI is InChI=1S/C15H21ClO/c1-5-15(10(2)3)7-6-11-8-13(16)14(17-4)9-12(11)15/h8-10H,5-7H2,1-4H3. The van der Waals surface area contributed by atoms with Crippen molar-refractivity contribution >= 4 is 11.6 Å². The Labute approximate surface area is 109 Å². The summed E-state index contributed by atoms with van der Waals surface area (Å²) in [6.07, 6.45) is 3.56. The number of aryl methyl sites for hydroxylation is 1. The minimum Gasteiger partial charge on any atom is -0.495 e. The van der Waals surface area contributed by atoms with Gasteiger partial charge in [0, 0.05) is 0 Å². The second kappa shape index (κ2) is 4.53. The molecule has 1 aromatic rings. The van der Waals surface area contributed by atoms with Crippen LogP contribution in [0.1, 0.15) is 44.7 Å². The maximum atomic E-state index is 6.20. The molecule has 1 atom stereocenters. The molecule has 2 heteroatoms.